The number of halogens is 1. The molecule has 0 unspecified atom stereocenters. The molecule has 0 aliphatic carbocycles. The van der Waals surface area contributed by atoms with Crippen molar-refractivity contribution in [1.29, 1.82) is 5.26 Å². The summed E-state index contributed by atoms with van der Waals surface area (Å²) >= 11 is 0. The number of aromatic amines is 1. The Kier molecular flexibility index (Phi) is 4.91. The van der Waals surface area contributed by atoms with Crippen molar-refractivity contribution in [2.45, 2.75) is 6.42 Å². The number of para-hydroxylation sites is 1. The van der Waals surface area contributed by atoms with E-state index >= 15 is 0 Å². The molecule has 0 aliphatic rings. The van der Waals surface area contributed by atoms with Gasteiger partial charge < -0.3 is 10.3 Å². The summed E-state index contributed by atoms with van der Waals surface area (Å²) in [7, 11) is 0. The molecule has 124 valence electrons. The summed E-state index contributed by atoms with van der Waals surface area (Å²) in [5.74, 6) is -0.979. The van der Waals surface area contributed by atoms with Gasteiger partial charge in [-0.25, -0.2) is 4.39 Å². The van der Waals surface area contributed by atoms with Crippen molar-refractivity contribution in [3.63, 3.8) is 0 Å². The maximum atomic E-state index is 13.6. The minimum Gasteiger partial charge on any atom is -0.361 e. The van der Waals surface area contributed by atoms with Gasteiger partial charge in [-0.3, -0.25) is 4.79 Å². The second-order valence-electron chi connectivity index (χ2n) is 5.56. The molecular weight excluding hydrogens is 317 g/mol. The van der Waals surface area contributed by atoms with Gasteiger partial charge in [0.25, 0.3) is 5.91 Å². The highest BCUT2D eigenvalue weighted by molar-refractivity contribution is 6.01. The van der Waals surface area contributed by atoms with E-state index < -0.39 is 11.7 Å². The Morgan fingerprint density at radius 2 is 1.96 bits per heavy atom. The molecule has 3 rings (SSSR count). The van der Waals surface area contributed by atoms with Crippen molar-refractivity contribution >= 4 is 22.9 Å². The standard InChI is InChI=1S/C20H16FN3O/c21-18-7-3-1-5-14(18)11-16(12-22)20(25)23-10-9-15-13-24-19-8-4-2-6-17(15)19/h1-8,11,13,24H,9-10H2,(H,23,25)/b16-11+. The van der Waals surface area contributed by atoms with E-state index in [-0.39, 0.29) is 11.1 Å². The highest BCUT2D eigenvalue weighted by Gasteiger charge is 2.10. The lowest BCUT2D eigenvalue weighted by atomic mass is 10.1. The molecule has 0 radical (unpaired) electrons. The van der Waals surface area contributed by atoms with E-state index in [1.54, 1.807) is 12.1 Å². The van der Waals surface area contributed by atoms with Crippen LogP contribution in [0.2, 0.25) is 0 Å². The number of hydrogen-bond acceptors (Lipinski definition) is 2. The first-order valence-electron chi connectivity index (χ1n) is 7.88. The Hall–Kier alpha value is -3.39. The molecule has 0 saturated carbocycles. The fourth-order valence-electron chi connectivity index (χ4n) is 2.64. The van der Waals surface area contributed by atoms with Crippen LogP contribution >= 0.6 is 0 Å². The predicted octanol–water partition coefficient (Wildman–Crippen LogP) is 3.57. The molecule has 0 aliphatic heterocycles. The first-order valence-corrected chi connectivity index (χ1v) is 7.88. The SMILES string of the molecule is N#C/C(=C\c1ccccc1F)C(=O)NCCc1c[nH]c2ccccc12. The van der Waals surface area contributed by atoms with Crippen molar-refractivity contribution in [2.24, 2.45) is 0 Å². The number of rotatable bonds is 5. The Bertz CT molecular complexity index is 982. The van der Waals surface area contributed by atoms with Crippen LogP contribution < -0.4 is 5.32 Å². The molecule has 5 heteroatoms. The summed E-state index contributed by atoms with van der Waals surface area (Å²) < 4.78 is 13.6. The monoisotopic (exact) mass is 333 g/mol. The maximum Gasteiger partial charge on any atom is 0.261 e. The second-order valence-corrected chi connectivity index (χ2v) is 5.56. The van der Waals surface area contributed by atoms with E-state index in [1.165, 1.54) is 18.2 Å². The topological polar surface area (TPSA) is 68.7 Å². The number of benzene rings is 2. The quantitative estimate of drug-likeness (QED) is 0.553. The summed E-state index contributed by atoms with van der Waals surface area (Å²) in [6, 6.07) is 15.8. The van der Waals surface area contributed by atoms with Gasteiger partial charge in [0.1, 0.15) is 17.5 Å². The average molecular weight is 333 g/mol. The highest BCUT2D eigenvalue weighted by atomic mass is 19.1. The third kappa shape index (κ3) is 3.75. The normalized spacial score (nSPS) is 11.3. The number of aromatic nitrogens is 1. The van der Waals surface area contributed by atoms with E-state index in [2.05, 4.69) is 10.3 Å². The van der Waals surface area contributed by atoms with Crippen LogP contribution in [0.15, 0.2) is 60.3 Å². The Labute approximate surface area is 144 Å². The molecule has 4 nitrogen and oxygen atoms in total. The molecule has 1 aromatic heterocycles. The Morgan fingerprint density at radius 1 is 1.20 bits per heavy atom. The molecule has 1 heterocycles. The molecular formula is C20H16FN3O. The average Bonchev–Trinajstić information content (AvgIpc) is 3.04. The van der Waals surface area contributed by atoms with Crippen LogP contribution in [0.25, 0.3) is 17.0 Å². The van der Waals surface area contributed by atoms with E-state index in [9.17, 15) is 9.18 Å². The minimum absolute atomic E-state index is 0.121. The van der Waals surface area contributed by atoms with Crippen molar-refractivity contribution in [1.82, 2.24) is 10.3 Å². The molecule has 0 atom stereocenters. The minimum atomic E-state index is -0.509. The number of nitriles is 1. The van der Waals surface area contributed by atoms with Gasteiger partial charge in [0, 0.05) is 29.2 Å². The molecule has 0 spiro atoms. The summed E-state index contributed by atoms with van der Waals surface area (Å²) in [4.78, 5) is 15.3. The molecule has 0 saturated heterocycles. The number of carbonyl (C=O) groups is 1. The summed E-state index contributed by atoms with van der Waals surface area (Å²) in [5, 5.41) is 13.0. The first kappa shape index (κ1) is 16.5. The van der Waals surface area contributed by atoms with E-state index in [4.69, 9.17) is 5.26 Å². The Balaban J connectivity index is 1.65. The van der Waals surface area contributed by atoms with Crippen LogP contribution in [0.5, 0.6) is 0 Å². The zero-order valence-electron chi connectivity index (χ0n) is 13.4. The summed E-state index contributed by atoms with van der Waals surface area (Å²) in [6.45, 7) is 0.386. The second kappa shape index (κ2) is 7.45. The summed E-state index contributed by atoms with van der Waals surface area (Å²) in [6.07, 6.45) is 3.81. The fourth-order valence-corrected chi connectivity index (χ4v) is 2.64. The van der Waals surface area contributed by atoms with Crippen LogP contribution in [0.4, 0.5) is 4.39 Å². The van der Waals surface area contributed by atoms with E-state index in [0.717, 1.165) is 16.5 Å². The third-order valence-electron chi connectivity index (χ3n) is 3.92. The number of amides is 1. The predicted molar refractivity (Wildman–Crippen MR) is 95.0 cm³/mol. The molecule has 3 aromatic rings. The molecule has 2 aromatic carbocycles. The van der Waals surface area contributed by atoms with Crippen molar-refractivity contribution in [3.05, 3.63) is 77.2 Å². The molecule has 2 N–H and O–H groups in total. The van der Waals surface area contributed by atoms with Crippen LogP contribution in [-0.4, -0.2) is 17.4 Å². The van der Waals surface area contributed by atoms with Gasteiger partial charge in [-0.1, -0.05) is 36.4 Å². The van der Waals surface area contributed by atoms with E-state index in [0.29, 0.717) is 13.0 Å². The van der Waals surface area contributed by atoms with Crippen molar-refractivity contribution < 1.29 is 9.18 Å². The lowest BCUT2D eigenvalue weighted by Crippen LogP contribution is -2.26. The largest absolute Gasteiger partial charge is 0.361 e. The lowest BCUT2D eigenvalue weighted by molar-refractivity contribution is -0.117. The number of nitrogens with one attached hydrogen (secondary N) is 2. The van der Waals surface area contributed by atoms with Crippen LogP contribution in [0.1, 0.15) is 11.1 Å². The first-order chi connectivity index (χ1) is 12.2. The van der Waals surface area contributed by atoms with Crippen molar-refractivity contribution in [3.8, 4) is 6.07 Å². The molecule has 1 amide bonds. The number of fused-ring (bicyclic) bond motifs is 1. The molecule has 25 heavy (non-hydrogen) atoms. The highest BCUT2D eigenvalue weighted by Crippen LogP contribution is 2.17. The zero-order valence-corrected chi connectivity index (χ0v) is 13.4. The van der Waals surface area contributed by atoms with Gasteiger partial charge in [0.2, 0.25) is 0 Å². The van der Waals surface area contributed by atoms with Crippen LogP contribution in [-0.2, 0) is 11.2 Å². The zero-order chi connectivity index (χ0) is 17.6. The number of nitrogens with zero attached hydrogens (tertiary/aromatic N) is 1. The lowest BCUT2D eigenvalue weighted by Gasteiger charge is -2.04. The molecule has 0 bridgehead atoms. The Morgan fingerprint density at radius 3 is 2.76 bits per heavy atom. The van der Waals surface area contributed by atoms with E-state index in [1.807, 2.05) is 36.5 Å². The van der Waals surface area contributed by atoms with Gasteiger partial charge in [0.15, 0.2) is 0 Å². The fraction of sp³-hybridized carbons (Fsp3) is 0.100. The maximum absolute atomic E-state index is 13.6. The third-order valence-corrected chi connectivity index (χ3v) is 3.92. The molecule has 0 fully saturated rings. The number of carbonyl (C=O) groups excluding carboxylic acids is 1. The van der Waals surface area contributed by atoms with Crippen molar-refractivity contribution in [2.75, 3.05) is 6.54 Å². The van der Waals surface area contributed by atoms with Gasteiger partial charge in [-0.2, -0.15) is 5.26 Å². The van der Waals surface area contributed by atoms with Gasteiger partial charge in [-0.15, -0.1) is 0 Å². The summed E-state index contributed by atoms with van der Waals surface area (Å²) in [5.41, 5.74) is 2.23. The van der Waals surface area contributed by atoms with Gasteiger partial charge >= 0.3 is 0 Å². The van der Waals surface area contributed by atoms with Gasteiger partial charge in [0.05, 0.1) is 0 Å². The van der Waals surface area contributed by atoms with Gasteiger partial charge in [-0.05, 0) is 30.2 Å². The smallest absolute Gasteiger partial charge is 0.261 e. The number of H-pyrrole nitrogens is 1. The van der Waals surface area contributed by atoms with Crippen LogP contribution in [0, 0.1) is 17.1 Å². The number of hydrogen-bond donors (Lipinski definition) is 2. The van der Waals surface area contributed by atoms with Crippen LogP contribution in [0.3, 0.4) is 0 Å².